The molecule has 3 aromatic heterocycles. The molecule has 6 aliphatic rings. The highest BCUT2D eigenvalue weighted by Gasteiger charge is 2.60. The summed E-state index contributed by atoms with van der Waals surface area (Å²) in [5.41, 5.74) is 13.1. The van der Waals surface area contributed by atoms with Crippen molar-refractivity contribution in [3.63, 3.8) is 0 Å². The molecule has 7 atom stereocenters. The number of hydrogen-bond donors (Lipinski definition) is 3. The third-order valence-corrected chi connectivity index (χ3v) is 15.1. The van der Waals surface area contributed by atoms with Crippen LogP contribution in [-0.4, -0.2) is 36.9 Å². The van der Waals surface area contributed by atoms with Crippen molar-refractivity contribution in [3.8, 4) is 34.1 Å². The largest absolute Gasteiger partial charge is 0.393 e. The number of nitrogens with zero attached hydrogens (tertiary/aromatic N) is 2. The van der Waals surface area contributed by atoms with Gasteiger partial charge >= 0.3 is 0 Å². The molecular formula is C53H48N4O2. The summed E-state index contributed by atoms with van der Waals surface area (Å²) in [6.45, 7) is 4.75. The van der Waals surface area contributed by atoms with Crippen LogP contribution in [-0.2, 0) is 4.79 Å². The molecule has 8 bridgehead atoms. The summed E-state index contributed by atoms with van der Waals surface area (Å²) in [7, 11) is 0. The number of aliphatic hydroxyl groups excluding tert-OH is 1. The first-order valence-corrected chi connectivity index (χ1v) is 21.4. The first-order chi connectivity index (χ1) is 28.8. The molecule has 3 N–H and O–H groups in total. The third-order valence-electron chi connectivity index (χ3n) is 15.1. The van der Waals surface area contributed by atoms with Gasteiger partial charge in [-0.2, -0.15) is 0 Å². The summed E-state index contributed by atoms with van der Waals surface area (Å²) in [6.07, 6.45) is 16.6. The van der Waals surface area contributed by atoms with Crippen molar-refractivity contribution in [1.82, 2.24) is 19.9 Å². The van der Waals surface area contributed by atoms with Gasteiger partial charge < -0.3 is 15.1 Å². The van der Waals surface area contributed by atoms with Crippen molar-refractivity contribution >= 4 is 52.2 Å². The molecule has 0 radical (unpaired) electrons. The minimum atomic E-state index is -0.219. The van der Waals surface area contributed by atoms with Crippen LogP contribution in [0, 0.1) is 46.3 Å². The molecule has 5 heterocycles. The zero-order chi connectivity index (χ0) is 39.9. The molecule has 6 nitrogen and oxygen atoms in total. The Bertz CT molecular complexity index is 2830. The summed E-state index contributed by atoms with van der Waals surface area (Å²) in [5, 5.41) is 11.1. The Balaban J connectivity index is 1.14. The lowest BCUT2D eigenvalue weighted by molar-refractivity contribution is -0.120. The molecule has 0 spiro atoms. The lowest BCUT2D eigenvalue weighted by atomic mass is 9.45. The van der Waals surface area contributed by atoms with Crippen LogP contribution in [0.1, 0.15) is 87.1 Å². The Morgan fingerprint density at radius 2 is 1.39 bits per heavy atom. The number of carbonyl (C=O) groups excluding carboxylic acids is 1. The van der Waals surface area contributed by atoms with Crippen LogP contribution in [0.3, 0.4) is 0 Å². The predicted molar refractivity (Wildman–Crippen MR) is 238 cm³/mol. The summed E-state index contributed by atoms with van der Waals surface area (Å²) < 4.78 is 0. The van der Waals surface area contributed by atoms with E-state index in [4.69, 9.17) is 9.97 Å². The number of fused-ring (bicyclic) bond motifs is 13. The SMILES string of the molecule is C[C@]12CC[C@H]3[C@@H](CCC4=CC(=O)CC(C#Cc5c6nc(c(-c7ccccc7)c7ccc(cc8nc(c(-c9ccccc9)c9ccc5[nH]9)C=C8)[nH]7)C=C6)[C@@]43C)[C@@H]1CC[C@@H]2O. The molecule has 292 valence electrons. The summed E-state index contributed by atoms with van der Waals surface area (Å²) >= 11 is 0. The molecule has 59 heavy (non-hydrogen) atoms. The molecule has 2 aromatic carbocycles. The minimum absolute atomic E-state index is 0.0128. The van der Waals surface area contributed by atoms with E-state index >= 15 is 0 Å². The van der Waals surface area contributed by atoms with Gasteiger partial charge in [-0.1, -0.05) is 91.9 Å². The fourth-order valence-corrected chi connectivity index (χ4v) is 12.1. The van der Waals surface area contributed by atoms with Crippen molar-refractivity contribution < 1.29 is 9.90 Å². The fourth-order valence-electron chi connectivity index (χ4n) is 12.1. The highest BCUT2D eigenvalue weighted by atomic mass is 16.3. The Morgan fingerprint density at radius 3 is 2.17 bits per heavy atom. The molecule has 2 aliphatic heterocycles. The molecular weight excluding hydrogens is 725 g/mol. The van der Waals surface area contributed by atoms with Gasteiger partial charge in [0.25, 0.3) is 0 Å². The molecule has 11 rings (SSSR count). The Hall–Kier alpha value is -6.03. The van der Waals surface area contributed by atoms with Gasteiger partial charge in [-0.3, -0.25) is 4.79 Å². The number of ketones is 1. The fraction of sp³-hybridized carbons (Fsp3) is 0.302. The first kappa shape index (κ1) is 36.1. The van der Waals surface area contributed by atoms with E-state index in [0.29, 0.717) is 24.2 Å². The van der Waals surface area contributed by atoms with Crippen molar-refractivity contribution in [2.75, 3.05) is 0 Å². The smallest absolute Gasteiger partial charge is 0.156 e. The van der Waals surface area contributed by atoms with Gasteiger partial charge in [-0.05, 0) is 134 Å². The maximum atomic E-state index is 13.6. The number of aromatic nitrogens is 4. The van der Waals surface area contributed by atoms with E-state index in [1.54, 1.807) is 0 Å². The number of rotatable bonds is 2. The number of benzene rings is 2. The van der Waals surface area contributed by atoms with E-state index in [1.165, 1.54) is 5.57 Å². The number of H-pyrrole nitrogens is 2. The summed E-state index contributed by atoms with van der Waals surface area (Å²) in [5.74, 6) is 9.07. The predicted octanol–water partition coefficient (Wildman–Crippen LogP) is 11.5. The van der Waals surface area contributed by atoms with Crippen LogP contribution in [0.15, 0.2) is 103 Å². The van der Waals surface area contributed by atoms with Crippen LogP contribution in [0.5, 0.6) is 0 Å². The van der Waals surface area contributed by atoms with Gasteiger partial charge in [-0.15, -0.1) is 0 Å². The zero-order valence-electron chi connectivity index (χ0n) is 33.6. The minimum Gasteiger partial charge on any atom is -0.393 e. The third kappa shape index (κ3) is 5.85. The van der Waals surface area contributed by atoms with E-state index < -0.39 is 0 Å². The lowest BCUT2D eigenvalue weighted by Crippen LogP contribution is -2.53. The summed E-state index contributed by atoms with van der Waals surface area (Å²) in [4.78, 5) is 31.5. The van der Waals surface area contributed by atoms with E-state index in [1.807, 2.05) is 18.2 Å². The van der Waals surface area contributed by atoms with Crippen LogP contribution < -0.4 is 0 Å². The number of aliphatic hydroxyl groups is 1. The lowest BCUT2D eigenvalue weighted by Gasteiger charge is -2.59. The first-order valence-electron chi connectivity index (χ1n) is 21.4. The second-order valence-corrected chi connectivity index (χ2v) is 18.1. The Labute approximate surface area is 345 Å². The van der Waals surface area contributed by atoms with Crippen LogP contribution >= 0.6 is 0 Å². The molecule has 3 fully saturated rings. The van der Waals surface area contributed by atoms with Crippen LogP contribution in [0.25, 0.3) is 68.6 Å². The quantitative estimate of drug-likeness (QED) is 0.153. The van der Waals surface area contributed by atoms with Gasteiger partial charge in [0, 0.05) is 45.4 Å². The van der Waals surface area contributed by atoms with Gasteiger partial charge in [-0.25, -0.2) is 9.97 Å². The average Bonchev–Trinajstić information content (AvgIpc) is 4.11. The van der Waals surface area contributed by atoms with Gasteiger partial charge in [0.15, 0.2) is 5.78 Å². The maximum absolute atomic E-state index is 13.6. The number of hydrogen-bond acceptors (Lipinski definition) is 4. The number of carbonyl (C=O) groups is 1. The van der Waals surface area contributed by atoms with Crippen molar-refractivity contribution in [1.29, 1.82) is 0 Å². The van der Waals surface area contributed by atoms with Crippen molar-refractivity contribution in [2.45, 2.75) is 64.9 Å². The van der Waals surface area contributed by atoms with E-state index in [9.17, 15) is 9.90 Å². The summed E-state index contributed by atoms with van der Waals surface area (Å²) in [6, 6.07) is 31.4. The maximum Gasteiger partial charge on any atom is 0.156 e. The Morgan fingerprint density at radius 1 is 0.712 bits per heavy atom. The molecule has 4 aliphatic carbocycles. The van der Waals surface area contributed by atoms with E-state index in [2.05, 4.69) is 139 Å². The van der Waals surface area contributed by atoms with E-state index in [-0.39, 0.29) is 28.6 Å². The monoisotopic (exact) mass is 772 g/mol. The van der Waals surface area contributed by atoms with Crippen molar-refractivity contribution in [3.05, 3.63) is 131 Å². The van der Waals surface area contributed by atoms with Crippen molar-refractivity contribution in [2.24, 2.45) is 34.5 Å². The van der Waals surface area contributed by atoms with Gasteiger partial charge in [0.2, 0.25) is 0 Å². The van der Waals surface area contributed by atoms with E-state index in [0.717, 1.165) is 111 Å². The van der Waals surface area contributed by atoms with Crippen LogP contribution in [0.4, 0.5) is 0 Å². The van der Waals surface area contributed by atoms with Gasteiger partial charge in [0.05, 0.1) is 40.0 Å². The average molecular weight is 773 g/mol. The molecule has 6 heteroatoms. The zero-order valence-corrected chi connectivity index (χ0v) is 33.6. The van der Waals surface area contributed by atoms with Crippen LogP contribution in [0.2, 0.25) is 0 Å². The van der Waals surface area contributed by atoms with Gasteiger partial charge in [0.1, 0.15) is 0 Å². The normalized spacial score (nSPS) is 27.9. The topological polar surface area (TPSA) is 94.7 Å². The molecule has 1 unspecified atom stereocenters. The second-order valence-electron chi connectivity index (χ2n) is 18.1. The highest BCUT2D eigenvalue weighted by Crippen LogP contribution is 2.66. The number of nitrogens with one attached hydrogen (secondary N) is 2. The number of aromatic amines is 2. The standard InChI is InChI=1S/C53H48N4O2/c1-52-28-27-42-39(41(52)19-26-49(52)59)17-13-34-29-38(58)30-35(53(34,42)2)14-18-40-43-22-24-47(56-43)50(32-9-5-3-6-10-32)45-20-15-36(54-45)31-37-16-21-46(55-37)51(33-11-7-4-8-12-33)48-25-23-44(40)57-48/h3-12,15-16,20-25,29,31,35,39,41-42,49,54,57,59H,13,17,19,26-28,30H2,1-2H3/t35?,39-,41-,42-,49-,52-,53+/m0/s1. The molecule has 0 amide bonds. The molecule has 0 saturated heterocycles. The molecule has 3 saturated carbocycles. The molecule has 5 aromatic rings. The number of allylic oxidation sites excluding steroid dienone is 1. The highest BCUT2D eigenvalue weighted by molar-refractivity contribution is 5.95. The second kappa shape index (κ2) is 13.8. The Kier molecular flexibility index (Phi) is 8.43.